The maximum atomic E-state index is 13.5. The minimum absolute atomic E-state index is 0.0255. The van der Waals surface area contributed by atoms with Crippen molar-refractivity contribution in [1.82, 2.24) is 5.32 Å². The molecule has 8 nitrogen and oxygen atoms in total. The second-order valence-corrected chi connectivity index (χ2v) is 6.44. The monoisotopic (exact) mass is 382 g/mol. The Morgan fingerprint density at radius 1 is 1.30 bits per heavy atom. The number of halogens is 2. The van der Waals surface area contributed by atoms with E-state index in [4.69, 9.17) is 10.5 Å². The van der Waals surface area contributed by atoms with Gasteiger partial charge in [0.1, 0.15) is 6.61 Å². The lowest BCUT2D eigenvalue weighted by Gasteiger charge is -2.27. The van der Waals surface area contributed by atoms with Gasteiger partial charge in [0.2, 0.25) is 5.91 Å². The first-order valence-corrected chi connectivity index (χ1v) is 8.53. The number of benzene rings is 1. The molecule has 146 valence electrons. The largest absolute Gasteiger partial charge is 0.370 e. The molecule has 2 aliphatic rings. The summed E-state index contributed by atoms with van der Waals surface area (Å²) in [5.41, 5.74) is 4.94. The fourth-order valence-corrected chi connectivity index (χ4v) is 2.78. The zero-order valence-electron chi connectivity index (χ0n) is 14.4. The Morgan fingerprint density at radius 2 is 2.04 bits per heavy atom. The molecule has 1 atom stereocenters. The van der Waals surface area contributed by atoms with E-state index in [0.717, 1.165) is 18.9 Å². The third-order valence-corrected chi connectivity index (χ3v) is 4.35. The first-order valence-electron chi connectivity index (χ1n) is 8.53. The lowest BCUT2D eigenvalue weighted by atomic mass is 10.1. The predicted molar refractivity (Wildman–Crippen MR) is 92.3 cm³/mol. The summed E-state index contributed by atoms with van der Waals surface area (Å²) >= 11 is 0. The second kappa shape index (κ2) is 7.97. The molecule has 0 unspecified atom stereocenters. The van der Waals surface area contributed by atoms with Crippen LogP contribution >= 0.6 is 0 Å². The highest BCUT2D eigenvalue weighted by molar-refractivity contribution is 6.10. The summed E-state index contributed by atoms with van der Waals surface area (Å²) in [4.78, 5) is 37.1. The number of nitrogens with two attached hydrogens (primary N) is 1. The van der Waals surface area contributed by atoms with Crippen LogP contribution in [0.15, 0.2) is 18.2 Å². The number of nitrogens with one attached hydrogen (secondary N) is 2. The summed E-state index contributed by atoms with van der Waals surface area (Å²) in [6.07, 6.45) is -1.25. The molecule has 0 spiro atoms. The van der Waals surface area contributed by atoms with E-state index >= 15 is 0 Å². The summed E-state index contributed by atoms with van der Waals surface area (Å²) in [5.74, 6) is -2.01. The Hall–Kier alpha value is -2.59. The topological polar surface area (TPSA) is 114 Å². The fraction of sp³-hybridized carbons (Fsp3) is 0.471. The normalized spacial score (nSPS) is 18.5. The van der Waals surface area contributed by atoms with Crippen molar-refractivity contribution < 1.29 is 27.9 Å². The van der Waals surface area contributed by atoms with Crippen LogP contribution in [0.3, 0.4) is 0 Å². The van der Waals surface area contributed by atoms with Gasteiger partial charge in [-0.1, -0.05) is 0 Å². The highest BCUT2D eigenvalue weighted by atomic mass is 19.3. The number of nitrogens with zero attached hydrogens (tertiary/aromatic N) is 1. The second-order valence-electron chi connectivity index (χ2n) is 6.44. The van der Waals surface area contributed by atoms with Crippen molar-refractivity contribution in [2.45, 2.75) is 31.4 Å². The van der Waals surface area contributed by atoms with Crippen LogP contribution in [-0.4, -0.2) is 49.6 Å². The number of alkyl halides is 2. The molecular weight excluding hydrogens is 362 g/mol. The minimum atomic E-state index is -2.89. The summed E-state index contributed by atoms with van der Waals surface area (Å²) in [7, 11) is 0. The van der Waals surface area contributed by atoms with Crippen LogP contribution in [0.5, 0.6) is 0 Å². The van der Waals surface area contributed by atoms with Crippen molar-refractivity contribution >= 4 is 29.1 Å². The molecule has 1 aliphatic carbocycles. The molecule has 0 radical (unpaired) electrons. The molecule has 27 heavy (non-hydrogen) atoms. The van der Waals surface area contributed by atoms with E-state index in [1.54, 1.807) is 0 Å². The van der Waals surface area contributed by atoms with E-state index in [9.17, 15) is 23.2 Å². The highest BCUT2D eigenvalue weighted by Crippen LogP contribution is 2.32. The van der Waals surface area contributed by atoms with Crippen LogP contribution in [0, 0.1) is 0 Å². The molecule has 1 aromatic rings. The van der Waals surface area contributed by atoms with Gasteiger partial charge in [0.25, 0.3) is 18.2 Å². The predicted octanol–water partition coefficient (Wildman–Crippen LogP) is 0.532. The zero-order chi connectivity index (χ0) is 19.6. The van der Waals surface area contributed by atoms with Crippen LogP contribution < -0.4 is 21.3 Å². The molecule has 1 aromatic carbocycles. The number of morpholine rings is 1. The number of amides is 3. The van der Waals surface area contributed by atoms with Gasteiger partial charge in [0.05, 0.1) is 6.61 Å². The molecule has 0 aromatic heterocycles. The summed E-state index contributed by atoms with van der Waals surface area (Å²) in [6, 6.07) is 2.61. The van der Waals surface area contributed by atoms with Crippen molar-refractivity contribution in [3.63, 3.8) is 0 Å². The quantitative estimate of drug-likeness (QED) is 0.596. The number of carbonyl (C=O) groups excluding carboxylic acids is 3. The molecule has 1 saturated heterocycles. The first kappa shape index (κ1) is 19.2. The molecular formula is C17H20F2N4O4. The standard InChI is InChI=1S/C17H20F2N4O4/c18-15(19)11-7-10(23-5-6-27-8-13(23)24)3-4-12(11)22-17(26)14(16(20)25)21-9-1-2-9/h3-4,7,9,14-15,21H,1-2,5-6,8H2,(H2,20,25)(H,22,26)/t14-/m0/s1. The SMILES string of the molecule is NC(=O)[C@H](NC1CC1)C(=O)Nc1ccc(N2CCOCC2=O)cc1C(F)F. The molecule has 2 fully saturated rings. The van der Waals surface area contributed by atoms with E-state index in [1.165, 1.54) is 17.0 Å². The Bertz CT molecular complexity index is 754. The van der Waals surface area contributed by atoms with E-state index in [1.807, 2.05) is 0 Å². The number of hydrogen-bond donors (Lipinski definition) is 3. The number of rotatable bonds is 7. The van der Waals surface area contributed by atoms with E-state index in [0.29, 0.717) is 12.3 Å². The number of primary amides is 1. The van der Waals surface area contributed by atoms with Gasteiger partial charge in [0, 0.05) is 29.5 Å². The molecule has 1 heterocycles. The first-order chi connectivity index (χ1) is 12.9. The van der Waals surface area contributed by atoms with Gasteiger partial charge in [-0.3, -0.25) is 19.7 Å². The zero-order valence-corrected chi connectivity index (χ0v) is 14.4. The number of hydrogen-bond acceptors (Lipinski definition) is 5. The van der Waals surface area contributed by atoms with Gasteiger partial charge < -0.3 is 20.7 Å². The van der Waals surface area contributed by atoms with Crippen molar-refractivity contribution in [3.8, 4) is 0 Å². The Balaban J connectivity index is 1.80. The molecule has 1 saturated carbocycles. The third kappa shape index (κ3) is 4.58. The average molecular weight is 382 g/mol. The lowest BCUT2D eigenvalue weighted by Crippen LogP contribution is -2.50. The number of anilines is 2. The highest BCUT2D eigenvalue weighted by Gasteiger charge is 2.32. The van der Waals surface area contributed by atoms with E-state index in [-0.39, 0.29) is 30.8 Å². The van der Waals surface area contributed by atoms with Crippen LogP contribution in [0.4, 0.5) is 20.2 Å². The van der Waals surface area contributed by atoms with Crippen molar-refractivity contribution in [2.75, 3.05) is 30.0 Å². The van der Waals surface area contributed by atoms with Gasteiger partial charge in [-0.15, -0.1) is 0 Å². The lowest BCUT2D eigenvalue weighted by molar-refractivity contribution is -0.128. The summed E-state index contributed by atoms with van der Waals surface area (Å²) < 4.78 is 32.1. The van der Waals surface area contributed by atoms with Gasteiger partial charge in [-0.2, -0.15) is 0 Å². The van der Waals surface area contributed by atoms with Crippen molar-refractivity contribution in [3.05, 3.63) is 23.8 Å². The van der Waals surface area contributed by atoms with Crippen LogP contribution in [-0.2, 0) is 19.1 Å². The van der Waals surface area contributed by atoms with E-state index in [2.05, 4.69) is 10.6 Å². The van der Waals surface area contributed by atoms with Gasteiger partial charge in [-0.05, 0) is 31.0 Å². The number of ether oxygens (including phenoxy) is 1. The molecule has 4 N–H and O–H groups in total. The minimum Gasteiger partial charge on any atom is -0.370 e. The number of carbonyl (C=O) groups is 3. The Labute approximate surface area is 154 Å². The molecule has 3 rings (SSSR count). The fourth-order valence-electron chi connectivity index (χ4n) is 2.78. The smallest absolute Gasteiger partial charge is 0.265 e. The molecule has 0 bridgehead atoms. The molecule has 10 heteroatoms. The Morgan fingerprint density at radius 3 is 2.63 bits per heavy atom. The van der Waals surface area contributed by atoms with Gasteiger partial charge in [-0.25, -0.2) is 8.78 Å². The van der Waals surface area contributed by atoms with Crippen LogP contribution in [0.1, 0.15) is 24.8 Å². The van der Waals surface area contributed by atoms with Crippen molar-refractivity contribution in [2.24, 2.45) is 5.73 Å². The Kier molecular flexibility index (Phi) is 5.66. The molecule has 1 aliphatic heterocycles. The van der Waals surface area contributed by atoms with Crippen LogP contribution in [0.2, 0.25) is 0 Å². The van der Waals surface area contributed by atoms with Gasteiger partial charge in [0.15, 0.2) is 6.04 Å². The molecule has 3 amide bonds. The van der Waals surface area contributed by atoms with Crippen molar-refractivity contribution in [1.29, 1.82) is 0 Å². The summed E-state index contributed by atoms with van der Waals surface area (Å²) in [5, 5.41) is 5.12. The maximum Gasteiger partial charge on any atom is 0.265 e. The average Bonchev–Trinajstić information content (AvgIpc) is 3.44. The van der Waals surface area contributed by atoms with Crippen LogP contribution in [0.25, 0.3) is 0 Å². The van der Waals surface area contributed by atoms with Gasteiger partial charge >= 0.3 is 0 Å². The maximum absolute atomic E-state index is 13.5. The summed E-state index contributed by atoms with van der Waals surface area (Å²) in [6.45, 7) is 0.444. The third-order valence-electron chi connectivity index (χ3n) is 4.35. The van der Waals surface area contributed by atoms with E-state index < -0.39 is 29.8 Å².